The van der Waals surface area contributed by atoms with Crippen molar-refractivity contribution in [3.05, 3.63) is 47.7 Å². The van der Waals surface area contributed by atoms with Crippen LogP contribution in [-0.2, 0) is 5.54 Å². The number of benzene rings is 1. The number of nitrogens with two attached hydrogens (primary N) is 1. The Morgan fingerprint density at radius 1 is 1.41 bits per heavy atom. The molecule has 1 aliphatic rings. The molecule has 1 atom stereocenters. The summed E-state index contributed by atoms with van der Waals surface area (Å²) < 4.78 is 19.8. The number of ether oxygens (including phenoxy) is 1. The van der Waals surface area contributed by atoms with Gasteiger partial charge in [0.2, 0.25) is 5.88 Å². The average molecular weight is 389 g/mol. The van der Waals surface area contributed by atoms with Crippen LogP contribution in [0.5, 0.6) is 5.88 Å². The van der Waals surface area contributed by atoms with Gasteiger partial charge in [-0.1, -0.05) is 11.8 Å². The number of halogens is 1. The summed E-state index contributed by atoms with van der Waals surface area (Å²) in [7, 11) is 0. The predicted molar refractivity (Wildman–Crippen MR) is 104 cm³/mol. The summed E-state index contributed by atoms with van der Waals surface area (Å²) in [5.41, 5.74) is 5.93. The van der Waals surface area contributed by atoms with Gasteiger partial charge in [-0.15, -0.1) is 0 Å². The highest BCUT2D eigenvalue weighted by molar-refractivity contribution is 8.13. The number of aromatic nitrogens is 2. The molecule has 0 bridgehead atoms. The summed E-state index contributed by atoms with van der Waals surface area (Å²) in [6, 6.07) is 4.38. The maximum absolute atomic E-state index is 14.5. The van der Waals surface area contributed by atoms with E-state index in [-0.39, 0.29) is 11.6 Å². The lowest BCUT2D eigenvalue weighted by atomic mass is 9.89. The molecule has 1 amide bonds. The van der Waals surface area contributed by atoms with Crippen molar-refractivity contribution in [3.63, 3.8) is 0 Å². The van der Waals surface area contributed by atoms with Crippen LogP contribution >= 0.6 is 11.8 Å². The van der Waals surface area contributed by atoms with Crippen LogP contribution in [0.3, 0.4) is 0 Å². The Hall–Kier alpha value is -2.68. The molecule has 1 aromatic heterocycles. The Labute approximate surface area is 160 Å². The smallest absolute Gasteiger partial charge is 0.279 e. The fourth-order valence-electron chi connectivity index (χ4n) is 2.81. The number of thioether (sulfide) groups is 1. The van der Waals surface area contributed by atoms with E-state index >= 15 is 0 Å². The highest BCUT2D eigenvalue weighted by atomic mass is 32.2. The quantitative estimate of drug-likeness (QED) is 0.815. The van der Waals surface area contributed by atoms with Crippen molar-refractivity contribution >= 4 is 28.5 Å². The van der Waals surface area contributed by atoms with E-state index in [0.717, 1.165) is 5.75 Å². The van der Waals surface area contributed by atoms with Crippen molar-refractivity contribution in [1.29, 1.82) is 0 Å². The van der Waals surface area contributed by atoms with Gasteiger partial charge in [-0.2, -0.15) is 0 Å². The number of amides is 1. The van der Waals surface area contributed by atoms with Gasteiger partial charge in [-0.05, 0) is 38.5 Å². The summed E-state index contributed by atoms with van der Waals surface area (Å²) in [5, 5.41) is 3.15. The number of anilines is 1. The molecule has 0 spiro atoms. The Balaban J connectivity index is 1.89. The molecule has 0 saturated heterocycles. The number of carbonyl (C=O) groups is 1. The van der Waals surface area contributed by atoms with Crippen molar-refractivity contribution in [2.24, 2.45) is 10.7 Å². The van der Waals surface area contributed by atoms with Gasteiger partial charge in [0.25, 0.3) is 5.91 Å². The third kappa shape index (κ3) is 4.19. The predicted octanol–water partition coefficient (Wildman–Crippen LogP) is 2.93. The topological polar surface area (TPSA) is 102 Å². The van der Waals surface area contributed by atoms with Gasteiger partial charge >= 0.3 is 0 Å². The molecule has 1 aromatic carbocycles. The third-order valence-electron chi connectivity index (χ3n) is 4.16. The summed E-state index contributed by atoms with van der Waals surface area (Å²) >= 11 is 1.45. The van der Waals surface area contributed by atoms with Crippen LogP contribution in [0.15, 0.2) is 35.6 Å². The molecule has 2 heterocycles. The minimum absolute atomic E-state index is 0.0627. The highest BCUT2D eigenvalue weighted by Crippen LogP contribution is 2.37. The van der Waals surface area contributed by atoms with Crippen LogP contribution in [0.4, 0.5) is 10.1 Å². The van der Waals surface area contributed by atoms with Crippen molar-refractivity contribution in [1.82, 2.24) is 9.97 Å². The zero-order valence-electron chi connectivity index (χ0n) is 15.0. The van der Waals surface area contributed by atoms with E-state index < -0.39 is 17.3 Å². The number of carbonyl (C=O) groups excluding carboxylic acids is 1. The van der Waals surface area contributed by atoms with E-state index in [1.807, 2.05) is 6.92 Å². The van der Waals surface area contributed by atoms with E-state index in [2.05, 4.69) is 20.3 Å². The largest absolute Gasteiger partial charge is 0.476 e. The number of amidine groups is 1. The van der Waals surface area contributed by atoms with E-state index in [9.17, 15) is 9.18 Å². The first-order valence-electron chi connectivity index (χ1n) is 8.46. The summed E-state index contributed by atoms with van der Waals surface area (Å²) in [6.07, 6.45) is 3.50. The van der Waals surface area contributed by atoms with Crippen LogP contribution in [0, 0.1) is 5.82 Å². The number of aliphatic imine (C=N–C) groups is 1. The van der Waals surface area contributed by atoms with Crippen LogP contribution in [0.2, 0.25) is 0 Å². The molecule has 7 nitrogen and oxygen atoms in total. The van der Waals surface area contributed by atoms with Gasteiger partial charge in [-0.3, -0.25) is 9.79 Å². The second kappa shape index (κ2) is 7.91. The molecule has 1 aliphatic heterocycles. The zero-order valence-corrected chi connectivity index (χ0v) is 15.8. The second-order valence-corrected chi connectivity index (χ2v) is 7.23. The molecule has 27 heavy (non-hydrogen) atoms. The molecule has 0 unspecified atom stereocenters. The molecule has 0 fully saturated rings. The molecule has 2 aromatic rings. The standard InChI is InChI=1S/C18H20FN5O2S/c1-3-26-16-14(21-7-8-22-16)15(25)23-11-4-5-13(19)12(10-11)18(2)6-9-27-17(20)24-18/h4-5,7-8,10H,3,6,9H2,1-2H3,(H2,20,24)(H,23,25)/t18-/m0/s1. The maximum atomic E-state index is 14.5. The summed E-state index contributed by atoms with van der Waals surface area (Å²) in [5.74, 6) is 0.0116. The normalized spacial score (nSPS) is 19.3. The van der Waals surface area contributed by atoms with E-state index in [0.29, 0.717) is 29.4 Å². The fraction of sp³-hybridized carbons (Fsp3) is 0.333. The van der Waals surface area contributed by atoms with Crippen molar-refractivity contribution in [2.45, 2.75) is 25.8 Å². The minimum Gasteiger partial charge on any atom is -0.476 e. The molecule has 3 N–H and O–H groups in total. The fourth-order valence-corrected chi connectivity index (χ4v) is 3.78. The van der Waals surface area contributed by atoms with Gasteiger partial charge in [0, 0.05) is 29.4 Å². The lowest BCUT2D eigenvalue weighted by molar-refractivity contribution is 0.101. The molecule has 142 valence electrons. The first kappa shape index (κ1) is 19.1. The molecule has 0 radical (unpaired) electrons. The van der Waals surface area contributed by atoms with Crippen molar-refractivity contribution in [3.8, 4) is 5.88 Å². The number of nitrogens with one attached hydrogen (secondary N) is 1. The van der Waals surface area contributed by atoms with Crippen LogP contribution in [0.1, 0.15) is 36.3 Å². The van der Waals surface area contributed by atoms with Gasteiger partial charge < -0.3 is 15.8 Å². The summed E-state index contributed by atoms with van der Waals surface area (Å²) in [4.78, 5) is 25.0. The Morgan fingerprint density at radius 2 is 2.19 bits per heavy atom. The minimum atomic E-state index is -0.775. The first-order chi connectivity index (χ1) is 12.9. The lowest BCUT2D eigenvalue weighted by Crippen LogP contribution is -2.30. The van der Waals surface area contributed by atoms with Crippen LogP contribution in [0.25, 0.3) is 0 Å². The van der Waals surface area contributed by atoms with E-state index in [1.54, 1.807) is 13.0 Å². The SMILES string of the molecule is CCOc1nccnc1C(=O)Nc1ccc(F)c([C@]2(C)CCSC(N)=N2)c1. The maximum Gasteiger partial charge on any atom is 0.279 e. The highest BCUT2D eigenvalue weighted by Gasteiger charge is 2.32. The van der Waals surface area contributed by atoms with Gasteiger partial charge in [0.15, 0.2) is 10.9 Å². The Morgan fingerprint density at radius 3 is 2.93 bits per heavy atom. The molecule has 0 saturated carbocycles. The van der Waals surface area contributed by atoms with Crippen LogP contribution < -0.4 is 15.8 Å². The molecular formula is C18H20FN5O2S. The second-order valence-electron chi connectivity index (χ2n) is 6.11. The molecule has 0 aliphatic carbocycles. The number of rotatable bonds is 5. The van der Waals surface area contributed by atoms with Crippen molar-refractivity contribution < 1.29 is 13.9 Å². The molecular weight excluding hydrogens is 369 g/mol. The van der Waals surface area contributed by atoms with Gasteiger partial charge in [-0.25, -0.2) is 14.4 Å². The lowest BCUT2D eigenvalue weighted by Gasteiger charge is -2.30. The van der Waals surface area contributed by atoms with E-state index in [1.165, 1.54) is 36.3 Å². The number of hydrogen-bond acceptors (Lipinski definition) is 7. The van der Waals surface area contributed by atoms with E-state index in [4.69, 9.17) is 10.5 Å². The first-order valence-corrected chi connectivity index (χ1v) is 9.45. The zero-order chi connectivity index (χ0) is 19.4. The number of hydrogen-bond donors (Lipinski definition) is 2. The monoisotopic (exact) mass is 389 g/mol. The Kier molecular flexibility index (Phi) is 5.59. The molecule has 3 rings (SSSR count). The number of nitrogens with zero attached hydrogens (tertiary/aromatic N) is 3. The molecule has 9 heteroatoms. The third-order valence-corrected chi connectivity index (χ3v) is 4.96. The van der Waals surface area contributed by atoms with Gasteiger partial charge in [0.1, 0.15) is 5.82 Å². The van der Waals surface area contributed by atoms with Crippen molar-refractivity contribution in [2.75, 3.05) is 17.7 Å². The van der Waals surface area contributed by atoms with Gasteiger partial charge in [0.05, 0.1) is 12.1 Å². The average Bonchev–Trinajstić information content (AvgIpc) is 2.63. The van der Waals surface area contributed by atoms with Crippen LogP contribution in [-0.4, -0.2) is 33.4 Å². The Bertz CT molecular complexity index is 892. The summed E-state index contributed by atoms with van der Waals surface area (Å²) in [6.45, 7) is 3.98.